The first-order valence-corrected chi connectivity index (χ1v) is 9.91. The van der Waals surface area contributed by atoms with Gasteiger partial charge in [0, 0.05) is 17.8 Å². The van der Waals surface area contributed by atoms with Gasteiger partial charge in [0.2, 0.25) is 0 Å². The van der Waals surface area contributed by atoms with E-state index in [2.05, 4.69) is 0 Å². The van der Waals surface area contributed by atoms with E-state index in [4.69, 9.17) is 28.5 Å². The second-order valence-corrected chi connectivity index (χ2v) is 7.15. The summed E-state index contributed by atoms with van der Waals surface area (Å²) in [6.07, 6.45) is -4.41. The number of hydrogen-bond acceptors (Lipinski definition) is 7. The van der Waals surface area contributed by atoms with Crippen molar-refractivity contribution >= 4 is 17.9 Å². The van der Waals surface area contributed by atoms with Crippen LogP contribution >= 0.6 is 11.8 Å². The zero-order chi connectivity index (χ0) is 23.3. The van der Waals surface area contributed by atoms with Gasteiger partial charge in [0.25, 0.3) is 0 Å². The van der Waals surface area contributed by atoms with Gasteiger partial charge >= 0.3 is 12.3 Å². The van der Waals surface area contributed by atoms with E-state index in [9.17, 15) is 13.2 Å². The molecule has 0 spiro atoms. The number of benzene rings is 2. The van der Waals surface area contributed by atoms with Crippen LogP contribution in [0.2, 0.25) is 0 Å². The normalized spacial score (nSPS) is 11.7. The lowest BCUT2D eigenvalue weighted by Gasteiger charge is -2.18. The number of alkyl halides is 3. The van der Waals surface area contributed by atoms with Crippen molar-refractivity contribution in [1.29, 1.82) is 0 Å². The van der Waals surface area contributed by atoms with Gasteiger partial charge in [0.05, 0.1) is 12.7 Å². The maximum absolute atomic E-state index is 12.6. The van der Waals surface area contributed by atoms with Gasteiger partial charge in [-0.3, -0.25) is 0 Å². The standard InChI is InChI=1S/C20H23F3O4S.CO2/c1-14-10-18(8-9-19(14)25-3)28-12-17(27-13-24-2)11-26-16-6-4-15(5-7-16)20(21,22)23;2-1-3/h4-10,17H,11-13H2,1-3H3;/t17-;/m0./s1. The molecule has 0 radical (unpaired) electrons. The molecule has 0 aliphatic rings. The highest BCUT2D eigenvalue weighted by Crippen LogP contribution is 2.30. The lowest BCUT2D eigenvalue weighted by molar-refractivity contribution is -0.191. The molecular weight excluding hydrogens is 437 g/mol. The maximum atomic E-state index is 12.6. The molecule has 0 unspecified atom stereocenters. The fourth-order valence-corrected chi connectivity index (χ4v) is 3.36. The van der Waals surface area contributed by atoms with Crippen molar-refractivity contribution in [3.8, 4) is 11.5 Å². The van der Waals surface area contributed by atoms with E-state index in [-0.39, 0.29) is 25.7 Å². The smallest absolute Gasteiger partial charge is 0.416 e. The van der Waals surface area contributed by atoms with Crippen molar-refractivity contribution in [2.24, 2.45) is 0 Å². The van der Waals surface area contributed by atoms with Crippen LogP contribution in [0.1, 0.15) is 11.1 Å². The summed E-state index contributed by atoms with van der Waals surface area (Å²) >= 11 is 1.59. The second kappa shape index (κ2) is 13.7. The van der Waals surface area contributed by atoms with Gasteiger partial charge in [-0.15, -0.1) is 11.8 Å². The summed E-state index contributed by atoms with van der Waals surface area (Å²) in [5.41, 5.74) is 0.320. The highest BCUT2D eigenvalue weighted by atomic mass is 32.2. The average molecular weight is 460 g/mol. The van der Waals surface area contributed by atoms with E-state index in [1.165, 1.54) is 19.2 Å². The van der Waals surface area contributed by atoms with E-state index in [1.807, 2.05) is 25.1 Å². The number of ether oxygens (including phenoxy) is 4. The van der Waals surface area contributed by atoms with Crippen LogP contribution in [0.5, 0.6) is 11.5 Å². The van der Waals surface area contributed by atoms with Crippen molar-refractivity contribution in [2.75, 3.05) is 33.4 Å². The lowest BCUT2D eigenvalue weighted by Crippen LogP contribution is -2.25. The molecule has 6 nitrogen and oxygen atoms in total. The number of thioether (sulfide) groups is 1. The third kappa shape index (κ3) is 9.89. The molecule has 0 saturated heterocycles. The monoisotopic (exact) mass is 460 g/mol. The molecule has 2 aromatic rings. The van der Waals surface area contributed by atoms with Crippen molar-refractivity contribution in [2.45, 2.75) is 24.1 Å². The predicted molar refractivity (Wildman–Crippen MR) is 107 cm³/mol. The third-order valence-corrected chi connectivity index (χ3v) is 4.97. The molecule has 0 aliphatic carbocycles. The predicted octanol–water partition coefficient (Wildman–Crippen LogP) is 4.60. The van der Waals surface area contributed by atoms with Crippen molar-refractivity contribution in [3.63, 3.8) is 0 Å². The number of aryl methyl sites for hydroxylation is 1. The number of carbonyl (C=O) groups excluding carboxylic acids is 2. The topological polar surface area (TPSA) is 71.1 Å². The van der Waals surface area contributed by atoms with Crippen molar-refractivity contribution in [1.82, 2.24) is 0 Å². The molecule has 1 atom stereocenters. The largest absolute Gasteiger partial charge is 0.496 e. The molecule has 0 fully saturated rings. The Hall–Kier alpha value is -2.52. The summed E-state index contributed by atoms with van der Waals surface area (Å²) in [6, 6.07) is 10.5. The Morgan fingerprint density at radius 3 is 2.23 bits per heavy atom. The highest BCUT2D eigenvalue weighted by Gasteiger charge is 2.30. The van der Waals surface area contributed by atoms with E-state index < -0.39 is 11.7 Å². The average Bonchev–Trinajstić information content (AvgIpc) is 2.73. The molecule has 10 heteroatoms. The van der Waals surface area contributed by atoms with Gasteiger partial charge in [-0.05, 0) is 55.0 Å². The van der Waals surface area contributed by atoms with Gasteiger partial charge in [-0.25, -0.2) is 0 Å². The van der Waals surface area contributed by atoms with Crippen molar-refractivity contribution < 1.29 is 41.7 Å². The summed E-state index contributed by atoms with van der Waals surface area (Å²) in [5.74, 6) is 1.77. The molecule has 0 N–H and O–H groups in total. The Morgan fingerprint density at radius 2 is 1.71 bits per heavy atom. The van der Waals surface area contributed by atoms with Crippen LogP contribution < -0.4 is 9.47 Å². The van der Waals surface area contributed by atoms with E-state index in [0.29, 0.717) is 11.5 Å². The van der Waals surface area contributed by atoms with Gasteiger partial charge in [0.1, 0.15) is 31.0 Å². The zero-order valence-electron chi connectivity index (χ0n) is 17.2. The zero-order valence-corrected chi connectivity index (χ0v) is 18.0. The SMILES string of the molecule is COCO[C@@H](COc1ccc(C(F)(F)F)cc1)CSc1ccc(OC)c(C)c1.O=C=O. The van der Waals surface area contributed by atoms with Gasteiger partial charge in [-0.1, -0.05) is 0 Å². The second-order valence-electron chi connectivity index (χ2n) is 6.05. The summed E-state index contributed by atoms with van der Waals surface area (Å²) in [4.78, 5) is 17.3. The fraction of sp³-hybridized carbons (Fsp3) is 0.381. The fourth-order valence-electron chi connectivity index (χ4n) is 2.37. The van der Waals surface area contributed by atoms with E-state index in [0.717, 1.165) is 28.3 Å². The lowest BCUT2D eigenvalue weighted by atomic mass is 10.2. The number of halogens is 3. The van der Waals surface area contributed by atoms with Crippen molar-refractivity contribution in [3.05, 3.63) is 53.6 Å². The Bertz CT molecular complexity index is 821. The number of hydrogen-bond donors (Lipinski definition) is 0. The minimum atomic E-state index is -4.37. The van der Waals surface area contributed by atoms with Crippen LogP contribution in [0.25, 0.3) is 0 Å². The molecule has 2 rings (SSSR count). The van der Waals surface area contributed by atoms with Crippen LogP contribution in [0.15, 0.2) is 47.4 Å². The molecular formula is C21H23F3O6S. The molecule has 170 valence electrons. The molecule has 31 heavy (non-hydrogen) atoms. The molecule has 0 aliphatic heterocycles. The summed E-state index contributed by atoms with van der Waals surface area (Å²) in [6.45, 7) is 2.26. The van der Waals surface area contributed by atoms with Crippen LogP contribution in [-0.2, 0) is 25.2 Å². The van der Waals surface area contributed by atoms with Crippen LogP contribution in [0.4, 0.5) is 13.2 Å². The number of methoxy groups -OCH3 is 2. The minimum absolute atomic E-state index is 0.100. The Labute approximate surface area is 182 Å². The minimum Gasteiger partial charge on any atom is -0.496 e. The first-order valence-electron chi connectivity index (χ1n) is 8.92. The quantitative estimate of drug-likeness (QED) is 0.379. The summed E-state index contributed by atoms with van der Waals surface area (Å²) in [5, 5.41) is 0. The highest BCUT2D eigenvalue weighted by molar-refractivity contribution is 7.99. The summed E-state index contributed by atoms with van der Waals surface area (Å²) in [7, 11) is 3.15. The molecule has 0 saturated carbocycles. The Morgan fingerprint density at radius 1 is 1.06 bits per heavy atom. The Kier molecular flexibility index (Phi) is 11.7. The maximum Gasteiger partial charge on any atom is 0.416 e. The molecule has 2 aromatic carbocycles. The first kappa shape index (κ1) is 26.5. The number of rotatable bonds is 10. The molecule has 0 aromatic heterocycles. The Balaban J connectivity index is 0.00000151. The van der Waals surface area contributed by atoms with Gasteiger partial charge in [0.15, 0.2) is 0 Å². The molecule has 0 bridgehead atoms. The van der Waals surface area contributed by atoms with E-state index in [1.54, 1.807) is 18.9 Å². The van der Waals surface area contributed by atoms with E-state index >= 15 is 0 Å². The van der Waals surface area contributed by atoms with Crippen LogP contribution in [-0.4, -0.2) is 45.6 Å². The molecule has 0 heterocycles. The third-order valence-electron chi connectivity index (χ3n) is 3.84. The first-order chi connectivity index (χ1) is 14.7. The van der Waals surface area contributed by atoms with Gasteiger partial charge in [-0.2, -0.15) is 22.8 Å². The van der Waals surface area contributed by atoms with Gasteiger partial charge < -0.3 is 18.9 Å². The van der Waals surface area contributed by atoms with Crippen LogP contribution in [0.3, 0.4) is 0 Å². The van der Waals surface area contributed by atoms with Crippen LogP contribution in [0, 0.1) is 6.92 Å². The molecule has 0 amide bonds. The summed E-state index contributed by atoms with van der Waals surface area (Å²) < 4.78 is 59.3.